The van der Waals surface area contributed by atoms with E-state index in [1.54, 1.807) is 18.3 Å². The molecule has 0 radical (unpaired) electrons. The van der Waals surface area contributed by atoms with Crippen LogP contribution in [0.2, 0.25) is 0 Å². The summed E-state index contributed by atoms with van der Waals surface area (Å²) in [5.74, 6) is 0.174. The second-order valence-corrected chi connectivity index (χ2v) is 9.40. The average molecular weight is 497 g/mol. The number of hydrogen-bond acceptors (Lipinski definition) is 8. The first-order valence-electron chi connectivity index (χ1n) is 10.1. The lowest BCUT2D eigenvalue weighted by atomic mass is 10.1. The van der Waals surface area contributed by atoms with E-state index in [-0.39, 0.29) is 17.0 Å². The van der Waals surface area contributed by atoms with Crippen molar-refractivity contribution in [1.82, 2.24) is 9.38 Å². The van der Waals surface area contributed by atoms with Crippen LogP contribution in [0, 0.1) is 34.1 Å². The van der Waals surface area contributed by atoms with Gasteiger partial charge < -0.3 is 9.14 Å². The number of nitro benzene ring substituents is 2. The molecule has 0 aliphatic rings. The largest absolute Gasteiger partial charge is 0.495 e. The van der Waals surface area contributed by atoms with Gasteiger partial charge in [0.05, 0.1) is 28.3 Å². The molecular formula is C22H19N5O7S. The predicted molar refractivity (Wildman–Crippen MR) is 127 cm³/mol. The third kappa shape index (κ3) is 4.48. The molecule has 180 valence electrons. The lowest BCUT2D eigenvalue weighted by Gasteiger charge is -2.13. The number of anilines is 1. The summed E-state index contributed by atoms with van der Waals surface area (Å²) in [4.78, 5) is 24.9. The molecule has 2 heterocycles. The monoisotopic (exact) mass is 497 g/mol. The summed E-state index contributed by atoms with van der Waals surface area (Å²) in [6.45, 7) is 3.12. The van der Waals surface area contributed by atoms with E-state index >= 15 is 0 Å². The molecule has 12 nitrogen and oxygen atoms in total. The maximum atomic E-state index is 13.1. The van der Waals surface area contributed by atoms with Gasteiger partial charge in [0.2, 0.25) is 0 Å². The second-order valence-electron chi connectivity index (χ2n) is 7.72. The van der Waals surface area contributed by atoms with E-state index in [0.29, 0.717) is 16.9 Å². The maximum absolute atomic E-state index is 13.1. The first-order chi connectivity index (χ1) is 16.5. The molecule has 13 heteroatoms. The Morgan fingerprint density at radius 3 is 2.26 bits per heavy atom. The van der Waals surface area contributed by atoms with Crippen LogP contribution in [0.15, 0.2) is 59.8 Å². The molecular weight excluding hydrogens is 478 g/mol. The molecule has 0 fully saturated rings. The van der Waals surface area contributed by atoms with Crippen LogP contribution in [0.4, 0.5) is 17.1 Å². The Labute approximate surface area is 199 Å². The van der Waals surface area contributed by atoms with Gasteiger partial charge in [0.25, 0.3) is 21.4 Å². The van der Waals surface area contributed by atoms with Gasteiger partial charge >= 0.3 is 0 Å². The average Bonchev–Trinajstić information content (AvgIpc) is 3.21. The van der Waals surface area contributed by atoms with Crippen LogP contribution < -0.4 is 9.46 Å². The molecule has 0 bridgehead atoms. The molecule has 0 aliphatic carbocycles. The zero-order valence-corrected chi connectivity index (χ0v) is 19.6. The Morgan fingerprint density at radius 2 is 1.66 bits per heavy atom. The summed E-state index contributed by atoms with van der Waals surface area (Å²) >= 11 is 0. The first kappa shape index (κ1) is 23.6. The van der Waals surface area contributed by atoms with Crippen LogP contribution in [-0.2, 0) is 10.0 Å². The van der Waals surface area contributed by atoms with Crippen molar-refractivity contribution in [3.63, 3.8) is 0 Å². The summed E-state index contributed by atoms with van der Waals surface area (Å²) in [7, 11) is -3.12. The highest BCUT2D eigenvalue weighted by molar-refractivity contribution is 7.92. The van der Waals surface area contributed by atoms with Crippen molar-refractivity contribution in [2.24, 2.45) is 0 Å². The number of nitrogens with zero attached hydrogens (tertiary/aromatic N) is 4. The van der Waals surface area contributed by atoms with Crippen molar-refractivity contribution in [3.05, 3.63) is 86.2 Å². The van der Waals surface area contributed by atoms with Gasteiger partial charge in [-0.1, -0.05) is 0 Å². The van der Waals surface area contributed by atoms with E-state index < -0.39 is 36.1 Å². The number of sulfonamides is 1. The number of aryl methyl sites for hydroxylation is 1. The van der Waals surface area contributed by atoms with Crippen LogP contribution >= 0.6 is 0 Å². The van der Waals surface area contributed by atoms with E-state index in [1.807, 2.05) is 29.7 Å². The van der Waals surface area contributed by atoms with Gasteiger partial charge in [-0.05, 0) is 49.7 Å². The number of hydrogen-bond donors (Lipinski definition) is 1. The van der Waals surface area contributed by atoms with Crippen molar-refractivity contribution in [3.8, 4) is 17.0 Å². The summed E-state index contributed by atoms with van der Waals surface area (Å²) in [5, 5.41) is 22.7. The molecule has 0 saturated heterocycles. The molecule has 35 heavy (non-hydrogen) atoms. The molecule has 4 aromatic rings. The van der Waals surface area contributed by atoms with E-state index in [4.69, 9.17) is 4.74 Å². The lowest BCUT2D eigenvalue weighted by Crippen LogP contribution is -2.15. The van der Waals surface area contributed by atoms with Gasteiger partial charge in [-0.15, -0.1) is 0 Å². The van der Waals surface area contributed by atoms with Crippen LogP contribution in [0.25, 0.3) is 16.9 Å². The highest BCUT2D eigenvalue weighted by Gasteiger charge is 2.28. The Kier molecular flexibility index (Phi) is 5.86. The van der Waals surface area contributed by atoms with Gasteiger partial charge in [-0.25, -0.2) is 13.4 Å². The molecule has 0 amide bonds. The highest BCUT2D eigenvalue weighted by Crippen LogP contribution is 2.35. The second kappa shape index (κ2) is 8.68. The quantitative estimate of drug-likeness (QED) is 0.293. The fourth-order valence-electron chi connectivity index (χ4n) is 3.57. The normalized spacial score (nSPS) is 11.4. The third-order valence-electron chi connectivity index (χ3n) is 5.39. The Bertz CT molecular complexity index is 1580. The molecule has 0 spiro atoms. The van der Waals surface area contributed by atoms with E-state index in [0.717, 1.165) is 17.7 Å². The minimum absolute atomic E-state index is 0.0316. The zero-order chi connectivity index (χ0) is 25.5. The minimum atomic E-state index is -4.47. The Balaban J connectivity index is 1.79. The molecule has 1 N–H and O–H groups in total. The molecule has 2 aromatic carbocycles. The number of pyridine rings is 1. The zero-order valence-electron chi connectivity index (χ0n) is 18.8. The SMILES string of the molecule is COc1ccc(-c2cn3ccc(C)cc3n2)cc1NS(=O)(=O)c1cc([N+](=O)[O-])c(C)c([N+](=O)[O-])c1. The molecule has 4 rings (SSSR count). The lowest BCUT2D eigenvalue weighted by molar-refractivity contribution is -0.395. The summed E-state index contributed by atoms with van der Waals surface area (Å²) in [6.07, 6.45) is 3.63. The third-order valence-corrected chi connectivity index (χ3v) is 6.73. The van der Waals surface area contributed by atoms with E-state index in [9.17, 15) is 28.6 Å². The fourth-order valence-corrected chi connectivity index (χ4v) is 4.67. The van der Waals surface area contributed by atoms with E-state index in [1.165, 1.54) is 20.1 Å². The number of imidazole rings is 1. The van der Waals surface area contributed by atoms with Crippen molar-refractivity contribution in [2.45, 2.75) is 18.7 Å². The van der Waals surface area contributed by atoms with E-state index in [2.05, 4.69) is 9.71 Å². The topological polar surface area (TPSA) is 159 Å². The molecule has 0 unspecified atom stereocenters. The number of rotatable bonds is 7. The van der Waals surface area contributed by atoms with Crippen LogP contribution in [0.3, 0.4) is 0 Å². The number of methoxy groups -OCH3 is 1. The predicted octanol–water partition coefficient (Wildman–Crippen LogP) is 4.24. The Hall–Kier alpha value is -4.52. The molecule has 0 aliphatic heterocycles. The number of fused-ring (bicyclic) bond motifs is 1. The number of ether oxygens (including phenoxy) is 1. The number of nitrogens with one attached hydrogen (secondary N) is 1. The highest BCUT2D eigenvalue weighted by atomic mass is 32.2. The van der Waals surface area contributed by atoms with Crippen molar-refractivity contribution < 1.29 is 23.0 Å². The maximum Gasteiger partial charge on any atom is 0.280 e. The first-order valence-corrected chi connectivity index (χ1v) is 11.6. The van der Waals surface area contributed by atoms with Gasteiger partial charge in [-0.3, -0.25) is 25.0 Å². The molecule has 0 atom stereocenters. The number of nitro groups is 2. The summed E-state index contributed by atoms with van der Waals surface area (Å²) < 4.78 is 35.7. The van der Waals surface area contributed by atoms with Gasteiger partial charge in [-0.2, -0.15) is 0 Å². The van der Waals surface area contributed by atoms with Crippen molar-refractivity contribution >= 4 is 32.7 Å². The van der Waals surface area contributed by atoms with Crippen molar-refractivity contribution in [1.29, 1.82) is 0 Å². The Morgan fingerprint density at radius 1 is 1.00 bits per heavy atom. The smallest absolute Gasteiger partial charge is 0.280 e. The minimum Gasteiger partial charge on any atom is -0.495 e. The van der Waals surface area contributed by atoms with Gasteiger partial charge in [0.15, 0.2) is 0 Å². The van der Waals surface area contributed by atoms with Crippen molar-refractivity contribution in [2.75, 3.05) is 11.8 Å². The van der Waals surface area contributed by atoms with Gasteiger partial charge in [0, 0.05) is 30.1 Å². The number of benzene rings is 2. The van der Waals surface area contributed by atoms with Crippen LogP contribution in [0.1, 0.15) is 11.1 Å². The standard InChI is InChI=1S/C22H19N5O7S/c1-13-6-7-25-12-18(23-22(25)8-13)15-4-5-21(34-3)17(9-15)24-35(32,33)16-10-19(26(28)29)14(2)20(11-16)27(30)31/h4-12,24H,1-3H3. The molecule has 0 saturated carbocycles. The summed E-state index contributed by atoms with van der Waals surface area (Å²) in [6, 6.07) is 10.1. The van der Waals surface area contributed by atoms with Gasteiger partial charge in [0.1, 0.15) is 21.9 Å². The molecule has 2 aromatic heterocycles. The van der Waals surface area contributed by atoms with Crippen LogP contribution in [0.5, 0.6) is 5.75 Å². The van der Waals surface area contributed by atoms with Crippen LogP contribution in [-0.4, -0.2) is 34.8 Å². The number of aromatic nitrogens is 2. The fraction of sp³-hybridized carbons (Fsp3) is 0.136. The summed E-state index contributed by atoms with van der Waals surface area (Å²) in [5.41, 5.74) is 1.30.